The highest BCUT2D eigenvalue weighted by molar-refractivity contribution is 6.01. The van der Waals surface area contributed by atoms with E-state index in [0.717, 1.165) is 5.82 Å². The van der Waals surface area contributed by atoms with E-state index in [0.29, 0.717) is 37.7 Å². The van der Waals surface area contributed by atoms with Crippen LogP contribution in [0.25, 0.3) is 0 Å². The van der Waals surface area contributed by atoms with Crippen LogP contribution in [0.1, 0.15) is 16.4 Å². The Morgan fingerprint density at radius 2 is 1.96 bits per heavy atom. The van der Waals surface area contributed by atoms with Gasteiger partial charge in [-0.25, -0.2) is 9.18 Å². The molecule has 0 unspecified atom stereocenters. The molecular weight excluding hydrogens is 351 g/mol. The van der Waals surface area contributed by atoms with Crippen LogP contribution in [-0.2, 0) is 13.0 Å². The van der Waals surface area contributed by atoms with Gasteiger partial charge < -0.3 is 19.7 Å². The van der Waals surface area contributed by atoms with Gasteiger partial charge in [0.15, 0.2) is 0 Å². The lowest BCUT2D eigenvalue weighted by Gasteiger charge is -2.25. The number of carbonyl (C=O) groups is 2. The number of benzene rings is 1. The van der Waals surface area contributed by atoms with Crippen LogP contribution in [0, 0.1) is 17.7 Å². The Morgan fingerprint density at radius 1 is 1.19 bits per heavy atom. The van der Waals surface area contributed by atoms with Crippen molar-refractivity contribution in [3.8, 4) is 0 Å². The van der Waals surface area contributed by atoms with E-state index >= 15 is 0 Å². The third-order valence-corrected chi connectivity index (χ3v) is 5.20. The highest BCUT2D eigenvalue weighted by Gasteiger charge is 2.41. The van der Waals surface area contributed by atoms with Crippen LogP contribution >= 0.6 is 0 Å². The van der Waals surface area contributed by atoms with Gasteiger partial charge in [0.05, 0.1) is 0 Å². The lowest BCUT2D eigenvalue weighted by molar-refractivity contribution is 0.100. The normalized spacial score (nSPS) is 20.8. The number of nitrogens with one attached hydrogen (secondary N) is 1. The summed E-state index contributed by atoms with van der Waals surface area (Å²) < 4.78 is 15.1. The van der Waals surface area contributed by atoms with Gasteiger partial charge in [0.25, 0.3) is 5.91 Å². The third kappa shape index (κ3) is 3.24. The van der Waals surface area contributed by atoms with Gasteiger partial charge in [0.1, 0.15) is 11.6 Å². The average Bonchev–Trinajstić information content (AvgIpc) is 3.21. The Morgan fingerprint density at radius 3 is 2.70 bits per heavy atom. The van der Waals surface area contributed by atoms with Crippen molar-refractivity contribution in [2.24, 2.45) is 11.8 Å². The van der Waals surface area contributed by atoms with Gasteiger partial charge in [0.2, 0.25) is 5.82 Å². The molecule has 0 aliphatic carbocycles. The molecule has 1 N–H and O–H groups in total. The number of anilines is 1. The minimum Gasteiger partial charge on any atom is -0.331 e. The Kier molecular flexibility index (Phi) is 4.29. The molecule has 2 atom stereocenters. The number of aromatic nitrogens is 3. The molecule has 8 nitrogen and oxygen atoms in total. The van der Waals surface area contributed by atoms with E-state index in [1.807, 2.05) is 9.47 Å². The molecule has 2 aliphatic heterocycles. The standard InChI is InChI=1S/C18H21FN6O2/c1-23(2)18(27)24-8-11-6-15-21-22-16(25(15)10-12(11)9-24)17(26)20-14-5-3-4-13(19)7-14/h3-5,7,11-12H,6,8-10H2,1-2H3,(H,20,26)/t11-,12-/m0/s1. The van der Waals surface area contributed by atoms with Crippen LogP contribution in [0.15, 0.2) is 24.3 Å². The number of amides is 3. The zero-order valence-corrected chi connectivity index (χ0v) is 15.2. The van der Waals surface area contributed by atoms with Crippen molar-refractivity contribution < 1.29 is 14.0 Å². The molecule has 27 heavy (non-hydrogen) atoms. The number of hydrogen-bond acceptors (Lipinski definition) is 4. The van der Waals surface area contributed by atoms with E-state index in [-0.39, 0.29) is 17.8 Å². The second-order valence-electron chi connectivity index (χ2n) is 7.32. The van der Waals surface area contributed by atoms with E-state index in [4.69, 9.17) is 0 Å². The van der Waals surface area contributed by atoms with E-state index in [9.17, 15) is 14.0 Å². The summed E-state index contributed by atoms with van der Waals surface area (Å²) in [6.07, 6.45) is 0.683. The number of carbonyl (C=O) groups excluding carboxylic acids is 2. The van der Waals surface area contributed by atoms with Crippen LogP contribution in [0.3, 0.4) is 0 Å². The maximum Gasteiger partial charge on any atom is 0.319 e. The summed E-state index contributed by atoms with van der Waals surface area (Å²) in [5.41, 5.74) is 0.370. The summed E-state index contributed by atoms with van der Waals surface area (Å²) in [5, 5.41) is 10.9. The van der Waals surface area contributed by atoms with Gasteiger partial charge in [-0.3, -0.25) is 4.79 Å². The van der Waals surface area contributed by atoms with Crippen LogP contribution in [0.5, 0.6) is 0 Å². The van der Waals surface area contributed by atoms with Crippen molar-refractivity contribution in [3.05, 3.63) is 41.7 Å². The number of likely N-dealkylation sites (tertiary alicyclic amines) is 1. The molecule has 0 bridgehead atoms. The Bertz CT molecular complexity index is 896. The molecule has 1 aromatic carbocycles. The summed E-state index contributed by atoms with van der Waals surface area (Å²) in [6, 6.07) is 5.72. The zero-order valence-electron chi connectivity index (χ0n) is 15.2. The summed E-state index contributed by atoms with van der Waals surface area (Å²) in [4.78, 5) is 28.2. The fourth-order valence-electron chi connectivity index (χ4n) is 3.88. The van der Waals surface area contributed by atoms with Crippen molar-refractivity contribution in [1.82, 2.24) is 24.6 Å². The number of urea groups is 1. The van der Waals surface area contributed by atoms with Gasteiger partial charge in [-0.05, 0) is 30.0 Å². The number of nitrogens with zero attached hydrogens (tertiary/aromatic N) is 5. The Hall–Kier alpha value is -2.97. The Balaban J connectivity index is 1.50. The first kappa shape index (κ1) is 17.4. The lowest BCUT2D eigenvalue weighted by atomic mass is 9.89. The van der Waals surface area contributed by atoms with Crippen molar-refractivity contribution in [2.75, 3.05) is 32.5 Å². The minimum absolute atomic E-state index is 0.00392. The molecule has 9 heteroatoms. The molecule has 0 radical (unpaired) electrons. The van der Waals surface area contributed by atoms with Crippen molar-refractivity contribution in [2.45, 2.75) is 13.0 Å². The first-order chi connectivity index (χ1) is 12.9. The van der Waals surface area contributed by atoms with Crippen LogP contribution in [-0.4, -0.2) is 63.7 Å². The van der Waals surface area contributed by atoms with Crippen LogP contribution in [0.4, 0.5) is 14.9 Å². The summed E-state index contributed by atoms with van der Waals surface area (Å²) in [5.74, 6) is 0.709. The molecule has 0 saturated carbocycles. The second kappa shape index (κ2) is 6.64. The largest absolute Gasteiger partial charge is 0.331 e. The van der Waals surface area contributed by atoms with Gasteiger partial charge in [-0.15, -0.1) is 10.2 Å². The smallest absolute Gasteiger partial charge is 0.319 e. The fraction of sp³-hybridized carbons (Fsp3) is 0.444. The maximum atomic E-state index is 13.3. The predicted molar refractivity (Wildman–Crippen MR) is 95.7 cm³/mol. The molecule has 2 aromatic rings. The lowest BCUT2D eigenvalue weighted by Crippen LogP contribution is -2.37. The monoisotopic (exact) mass is 372 g/mol. The van der Waals surface area contributed by atoms with E-state index in [1.54, 1.807) is 25.1 Å². The quantitative estimate of drug-likeness (QED) is 0.865. The SMILES string of the molecule is CN(C)C(=O)N1C[C@@H]2Cc3nnc(C(=O)Nc4cccc(F)c4)n3C[C@@H]2C1. The molecule has 0 spiro atoms. The molecular formula is C18H21FN6O2. The zero-order chi connectivity index (χ0) is 19.1. The highest BCUT2D eigenvalue weighted by Crippen LogP contribution is 2.33. The first-order valence-corrected chi connectivity index (χ1v) is 8.87. The van der Waals surface area contributed by atoms with Crippen LogP contribution in [0.2, 0.25) is 0 Å². The third-order valence-electron chi connectivity index (χ3n) is 5.20. The predicted octanol–water partition coefficient (Wildman–Crippen LogP) is 1.46. The van der Waals surface area contributed by atoms with Gasteiger partial charge in [-0.2, -0.15) is 0 Å². The molecule has 142 valence electrons. The number of halogens is 1. The topological polar surface area (TPSA) is 83.4 Å². The molecule has 1 fully saturated rings. The molecule has 4 rings (SSSR count). The van der Waals surface area contributed by atoms with Crippen molar-refractivity contribution in [1.29, 1.82) is 0 Å². The van der Waals surface area contributed by atoms with Crippen molar-refractivity contribution in [3.63, 3.8) is 0 Å². The summed E-state index contributed by atoms with van der Waals surface area (Å²) in [6.45, 7) is 1.94. The average molecular weight is 372 g/mol. The van der Waals surface area contributed by atoms with Gasteiger partial charge >= 0.3 is 6.03 Å². The minimum atomic E-state index is -0.421. The summed E-state index contributed by atoms with van der Waals surface area (Å²) >= 11 is 0. The van der Waals surface area contributed by atoms with Gasteiger partial charge in [0, 0.05) is 45.8 Å². The first-order valence-electron chi connectivity index (χ1n) is 8.87. The number of rotatable bonds is 2. The summed E-state index contributed by atoms with van der Waals surface area (Å²) in [7, 11) is 3.49. The van der Waals surface area contributed by atoms with Crippen LogP contribution < -0.4 is 5.32 Å². The molecule has 1 aromatic heterocycles. The highest BCUT2D eigenvalue weighted by atomic mass is 19.1. The molecule has 2 aliphatic rings. The number of hydrogen-bond donors (Lipinski definition) is 1. The van der Waals surface area contributed by atoms with E-state index < -0.39 is 11.7 Å². The van der Waals surface area contributed by atoms with Gasteiger partial charge in [-0.1, -0.05) is 6.07 Å². The van der Waals surface area contributed by atoms with E-state index in [2.05, 4.69) is 15.5 Å². The van der Waals surface area contributed by atoms with Crippen molar-refractivity contribution >= 4 is 17.6 Å². The maximum absolute atomic E-state index is 13.3. The van der Waals surface area contributed by atoms with E-state index in [1.165, 1.54) is 18.2 Å². The molecule has 1 saturated heterocycles. The fourth-order valence-corrected chi connectivity index (χ4v) is 3.88. The Labute approximate surface area is 156 Å². The molecule has 3 amide bonds. The second-order valence-corrected chi connectivity index (χ2v) is 7.32. The number of fused-ring (bicyclic) bond motifs is 2. The molecule has 3 heterocycles.